The summed E-state index contributed by atoms with van der Waals surface area (Å²) in [5, 5.41) is 8.43. The number of hydrogen-bond acceptors (Lipinski definition) is 0. The summed E-state index contributed by atoms with van der Waals surface area (Å²) in [5.41, 5.74) is 20.6. The first kappa shape index (κ1) is 63.4. The SMILES string of the molecule is CCCCc1cc2c(-c3cc(C(C)(C)C)cc(C(C)(C)C)c3)c(C(C)(C)C)ccc2[cH-]1.CCCCc1cc2c(-c3cc(C(C)(C)C)cc(C(C)(C)C)c3)c(C(C)(C)C)ccc2[cH-]1.[Cl][Zr][Cl].[c-]1cccc2c1[Si]c1ccccc1-2. The Labute approximate surface area is 496 Å². The second kappa shape index (κ2) is 25.6. The van der Waals surface area contributed by atoms with Gasteiger partial charge in [-0.25, -0.2) is 0 Å². The fourth-order valence-corrected chi connectivity index (χ4v) is 11.9. The molecule has 1 aliphatic heterocycles. The Morgan fingerprint density at radius 2 is 0.821 bits per heavy atom. The Morgan fingerprint density at radius 1 is 0.449 bits per heavy atom. The van der Waals surface area contributed by atoms with E-state index < -0.39 is 20.8 Å². The average Bonchev–Trinajstić information content (AvgIpc) is 4.08. The molecule has 1 heterocycles. The van der Waals surface area contributed by atoms with Crippen molar-refractivity contribution in [1.82, 2.24) is 0 Å². The van der Waals surface area contributed by atoms with Crippen LogP contribution in [-0.4, -0.2) is 9.52 Å². The molecular formula is C74H93Cl2SiZr-3. The maximum Gasteiger partial charge on any atom is 0.0920 e. The summed E-state index contributed by atoms with van der Waals surface area (Å²) in [4.78, 5) is 0. The van der Waals surface area contributed by atoms with Crippen LogP contribution in [0.15, 0.2) is 127 Å². The van der Waals surface area contributed by atoms with Gasteiger partial charge in [-0.05, 0) is 78.7 Å². The monoisotopic (exact) mass is 1170 g/mol. The molecule has 0 N–H and O–H groups in total. The molecule has 0 spiro atoms. The van der Waals surface area contributed by atoms with E-state index in [-0.39, 0.29) is 32.5 Å². The zero-order valence-corrected chi connectivity index (χ0v) is 56.6. The largest absolute Gasteiger partial charge is 0.184 e. The molecule has 0 nitrogen and oxygen atoms in total. The van der Waals surface area contributed by atoms with Gasteiger partial charge in [0.1, 0.15) is 0 Å². The van der Waals surface area contributed by atoms with E-state index in [0.717, 1.165) is 9.52 Å². The van der Waals surface area contributed by atoms with E-state index in [1.165, 1.54) is 148 Å². The molecule has 9 rings (SSSR count). The number of aryl methyl sites for hydroxylation is 2. The molecule has 1 aliphatic rings. The molecule has 8 aromatic rings. The molecule has 2 radical (unpaired) electrons. The first-order chi connectivity index (χ1) is 36.3. The van der Waals surface area contributed by atoms with Crippen LogP contribution in [0.5, 0.6) is 0 Å². The van der Waals surface area contributed by atoms with E-state index in [2.05, 4.69) is 266 Å². The molecule has 0 aromatic heterocycles. The summed E-state index contributed by atoms with van der Waals surface area (Å²) in [6, 6.07) is 52.1. The fraction of sp³-hybridized carbons (Fsp3) is 0.432. The van der Waals surface area contributed by atoms with Gasteiger partial charge in [-0.1, -0.05) is 258 Å². The molecule has 0 saturated heterocycles. The first-order valence-electron chi connectivity index (χ1n) is 28.9. The maximum absolute atomic E-state index is 4.93. The van der Waals surface area contributed by atoms with Crippen LogP contribution in [0.3, 0.4) is 0 Å². The third kappa shape index (κ3) is 15.8. The van der Waals surface area contributed by atoms with Crippen LogP contribution in [0.4, 0.5) is 0 Å². The van der Waals surface area contributed by atoms with E-state index in [1.807, 2.05) is 6.07 Å². The molecule has 0 saturated carbocycles. The van der Waals surface area contributed by atoms with Gasteiger partial charge in [0, 0.05) is 0 Å². The van der Waals surface area contributed by atoms with E-state index >= 15 is 0 Å². The summed E-state index contributed by atoms with van der Waals surface area (Å²) < 4.78 is 0. The molecule has 0 unspecified atom stereocenters. The summed E-state index contributed by atoms with van der Waals surface area (Å²) in [5.74, 6) is 0. The summed E-state index contributed by atoms with van der Waals surface area (Å²) in [7, 11) is 10.7. The van der Waals surface area contributed by atoms with Crippen molar-refractivity contribution in [2.75, 3.05) is 0 Å². The van der Waals surface area contributed by atoms with Gasteiger partial charge in [0.15, 0.2) is 0 Å². The number of unbranched alkanes of at least 4 members (excludes halogenated alkanes) is 2. The van der Waals surface area contributed by atoms with Crippen LogP contribution in [0, 0.1) is 6.07 Å². The minimum Gasteiger partial charge on any atom is -0.184 e. The Kier molecular flexibility index (Phi) is 20.8. The molecule has 0 bridgehead atoms. The molecule has 0 atom stereocenters. The minimum absolute atomic E-state index is 0.0873. The molecule has 8 aromatic carbocycles. The molecule has 4 heteroatoms. The standard InChI is InChI=1S/2C31H43.C12H7Si.2ClH.Zr/c2*1-11-12-13-21-16-22-14-15-27(31(8,9)10)28(26(22)17-21)23-18-24(29(2,3)4)20-25(19-23)30(5,6)7;1-3-7-11-9(5-1)10-6-2-4-8-12(10)13-11;;;/h2*14-20H,11-13H2,1-10H3;1-7H;2*1H;/q3*-1;;;+2/p-2. The van der Waals surface area contributed by atoms with Gasteiger partial charge in [0.2, 0.25) is 0 Å². The second-order valence-electron chi connectivity index (χ2n) is 28.2. The van der Waals surface area contributed by atoms with Gasteiger partial charge in [0.25, 0.3) is 0 Å². The Hall–Kier alpha value is -3.78. The van der Waals surface area contributed by atoms with E-state index in [4.69, 9.17) is 17.0 Å². The van der Waals surface area contributed by atoms with Crippen LogP contribution >= 0.6 is 17.0 Å². The zero-order valence-electron chi connectivity index (χ0n) is 51.6. The van der Waals surface area contributed by atoms with Crippen LogP contribution in [-0.2, 0) is 66.2 Å². The van der Waals surface area contributed by atoms with Crippen molar-refractivity contribution >= 4 is 58.5 Å². The summed E-state index contributed by atoms with van der Waals surface area (Å²) in [6.45, 7) is 46.6. The van der Waals surface area contributed by atoms with Crippen molar-refractivity contribution in [2.24, 2.45) is 0 Å². The Balaban J connectivity index is 0.000000197. The molecule has 0 fully saturated rings. The first-order valence-corrected chi connectivity index (χ1v) is 36.2. The number of hydrogen-bond donors (Lipinski definition) is 0. The number of halogens is 2. The van der Waals surface area contributed by atoms with Crippen molar-refractivity contribution in [2.45, 2.75) is 209 Å². The van der Waals surface area contributed by atoms with Gasteiger partial charge in [-0.2, -0.15) is 41.6 Å². The van der Waals surface area contributed by atoms with E-state index in [0.29, 0.717) is 0 Å². The topological polar surface area (TPSA) is 0 Å². The molecule has 414 valence electrons. The number of rotatable bonds is 8. The fourth-order valence-electron chi connectivity index (χ4n) is 10.6. The predicted octanol–water partition coefficient (Wildman–Crippen LogP) is 21.4. The van der Waals surface area contributed by atoms with Crippen molar-refractivity contribution < 1.29 is 20.8 Å². The van der Waals surface area contributed by atoms with Crippen molar-refractivity contribution in [3.8, 4) is 33.4 Å². The smallest absolute Gasteiger partial charge is 0.0920 e. The van der Waals surface area contributed by atoms with E-state index in [1.54, 1.807) is 0 Å². The molecular weight excluding hydrogens is 1080 g/mol. The van der Waals surface area contributed by atoms with Crippen LogP contribution in [0.1, 0.15) is 209 Å². The molecule has 0 amide bonds. The summed E-state index contributed by atoms with van der Waals surface area (Å²) in [6.07, 6.45) is 7.33. The second-order valence-corrected chi connectivity index (χ2v) is 33.2. The number of benzene rings is 6. The van der Waals surface area contributed by atoms with Crippen molar-refractivity contribution in [3.63, 3.8) is 0 Å². The van der Waals surface area contributed by atoms with Gasteiger partial charge >= 0.3 is 37.9 Å². The number of fused-ring (bicyclic) bond motifs is 5. The van der Waals surface area contributed by atoms with Gasteiger partial charge in [-0.3, -0.25) is 0 Å². The Morgan fingerprint density at radius 3 is 1.18 bits per heavy atom. The Bertz CT molecular complexity index is 2990. The van der Waals surface area contributed by atoms with Crippen molar-refractivity contribution in [1.29, 1.82) is 0 Å². The quantitative estimate of drug-likeness (QED) is 0.105. The van der Waals surface area contributed by atoms with E-state index in [9.17, 15) is 0 Å². The zero-order chi connectivity index (χ0) is 57.8. The van der Waals surface area contributed by atoms with Gasteiger partial charge in [-0.15, -0.1) is 74.6 Å². The summed E-state index contributed by atoms with van der Waals surface area (Å²) >= 11 is -0.826. The minimum atomic E-state index is -0.826. The predicted molar refractivity (Wildman–Crippen MR) is 347 cm³/mol. The maximum atomic E-state index is 4.93. The molecule has 78 heavy (non-hydrogen) atoms. The third-order valence-electron chi connectivity index (χ3n) is 15.4. The third-order valence-corrected chi connectivity index (χ3v) is 16.8. The molecule has 0 aliphatic carbocycles. The van der Waals surface area contributed by atoms with Crippen LogP contribution < -0.4 is 10.4 Å². The van der Waals surface area contributed by atoms with Gasteiger partial charge < -0.3 is 0 Å². The average molecular weight is 1170 g/mol. The van der Waals surface area contributed by atoms with Gasteiger partial charge in [0.05, 0.1) is 9.52 Å². The van der Waals surface area contributed by atoms with Crippen LogP contribution in [0.25, 0.3) is 54.9 Å². The normalized spacial score (nSPS) is 12.7. The van der Waals surface area contributed by atoms with Crippen LogP contribution in [0.2, 0.25) is 0 Å². The van der Waals surface area contributed by atoms with Crippen molar-refractivity contribution in [3.05, 3.63) is 178 Å².